The molecule has 5 nitrogen and oxygen atoms in total. The molecule has 0 fully saturated rings. The Bertz CT molecular complexity index is 346. The summed E-state index contributed by atoms with van der Waals surface area (Å²) in [4.78, 5) is 13.6. The van der Waals surface area contributed by atoms with Crippen LogP contribution in [0.1, 0.15) is 12.6 Å². The van der Waals surface area contributed by atoms with Gasteiger partial charge in [0.15, 0.2) is 0 Å². The number of aromatic nitrogens is 2. The summed E-state index contributed by atoms with van der Waals surface area (Å²) in [7, 11) is 3.99. The lowest BCUT2D eigenvalue weighted by molar-refractivity contribution is -0.122. The van der Waals surface area contributed by atoms with E-state index in [4.69, 9.17) is 0 Å². The van der Waals surface area contributed by atoms with Crippen molar-refractivity contribution in [2.75, 3.05) is 20.6 Å². The Balaban J connectivity index is 2.31. The van der Waals surface area contributed by atoms with Crippen molar-refractivity contribution in [2.24, 2.45) is 0 Å². The van der Waals surface area contributed by atoms with Crippen molar-refractivity contribution in [3.8, 4) is 0 Å². The zero-order valence-electron chi connectivity index (χ0n) is 10.4. The molecule has 0 saturated carbocycles. The zero-order valence-corrected chi connectivity index (χ0v) is 10.4. The van der Waals surface area contributed by atoms with Crippen LogP contribution in [0.25, 0.3) is 0 Å². The lowest BCUT2D eigenvalue weighted by Gasteiger charge is -2.19. The number of carbonyl (C=O) groups excluding carboxylic acids is 1. The normalized spacial score (nSPS) is 12.8. The van der Waals surface area contributed by atoms with Gasteiger partial charge >= 0.3 is 0 Å². The van der Waals surface area contributed by atoms with Crippen molar-refractivity contribution >= 4 is 5.91 Å². The Labute approximate surface area is 96.4 Å². The minimum absolute atomic E-state index is 0.00296. The maximum atomic E-state index is 11.6. The minimum Gasteiger partial charge on any atom is -0.353 e. The average Bonchev–Trinajstić information content (AvgIpc) is 2.60. The third-order valence-electron chi connectivity index (χ3n) is 2.56. The number of hydrogen-bond donors (Lipinski definition) is 1. The molecule has 0 aliphatic heterocycles. The van der Waals surface area contributed by atoms with Gasteiger partial charge in [0.1, 0.15) is 6.54 Å². The number of aryl methyl sites for hydroxylation is 1. The number of nitrogens with one attached hydrogen (secondary N) is 1. The van der Waals surface area contributed by atoms with E-state index in [1.807, 2.05) is 33.3 Å². The Kier molecular flexibility index (Phi) is 4.49. The van der Waals surface area contributed by atoms with Gasteiger partial charge in [-0.25, -0.2) is 0 Å². The van der Waals surface area contributed by atoms with E-state index in [2.05, 4.69) is 22.2 Å². The van der Waals surface area contributed by atoms with Gasteiger partial charge in [0.25, 0.3) is 0 Å². The van der Waals surface area contributed by atoms with Gasteiger partial charge in [-0.3, -0.25) is 9.48 Å². The first-order valence-electron chi connectivity index (χ1n) is 5.42. The summed E-state index contributed by atoms with van der Waals surface area (Å²) in [6.45, 7) is 4.92. The summed E-state index contributed by atoms with van der Waals surface area (Å²) < 4.78 is 1.64. The monoisotopic (exact) mass is 224 g/mol. The molecule has 0 bridgehead atoms. The van der Waals surface area contributed by atoms with Crippen molar-refractivity contribution in [1.29, 1.82) is 0 Å². The highest BCUT2D eigenvalue weighted by Gasteiger charge is 2.07. The van der Waals surface area contributed by atoms with Crippen molar-refractivity contribution in [3.05, 3.63) is 18.0 Å². The molecule has 1 aromatic heterocycles. The third kappa shape index (κ3) is 4.02. The van der Waals surface area contributed by atoms with E-state index in [0.717, 1.165) is 5.69 Å². The van der Waals surface area contributed by atoms with Gasteiger partial charge in [0.05, 0.1) is 5.69 Å². The second kappa shape index (κ2) is 5.65. The van der Waals surface area contributed by atoms with E-state index in [0.29, 0.717) is 12.6 Å². The summed E-state index contributed by atoms with van der Waals surface area (Å²) in [5.74, 6) is -0.00296. The van der Waals surface area contributed by atoms with E-state index in [1.54, 1.807) is 4.68 Å². The molecule has 0 spiro atoms. The van der Waals surface area contributed by atoms with E-state index in [9.17, 15) is 4.79 Å². The van der Waals surface area contributed by atoms with Gasteiger partial charge in [-0.2, -0.15) is 5.10 Å². The van der Waals surface area contributed by atoms with Crippen molar-refractivity contribution in [3.63, 3.8) is 0 Å². The predicted molar refractivity (Wildman–Crippen MR) is 63.1 cm³/mol. The predicted octanol–water partition coefficient (Wildman–Crippen LogP) is 0.258. The van der Waals surface area contributed by atoms with Crippen LogP contribution in [-0.4, -0.2) is 47.3 Å². The Morgan fingerprint density at radius 2 is 2.31 bits per heavy atom. The van der Waals surface area contributed by atoms with Gasteiger partial charge in [0, 0.05) is 18.8 Å². The SMILES string of the molecule is Cc1ccn(CC(=O)NCC(C)N(C)C)n1. The lowest BCUT2D eigenvalue weighted by atomic mass is 10.3. The van der Waals surface area contributed by atoms with Crippen LogP contribution >= 0.6 is 0 Å². The van der Waals surface area contributed by atoms with E-state index in [1.165, 1.54) is 0 Å². The molecule has 5 heteroatoms. The van der Waals surface area contributed by atoms with Crippen molar-refractivity contribution in [1.82, 2.24) is 20.0 Å². The molecule has 90 valence electrons. The highest BCUT2D eigenvalue weighted by atomic mass is 16.2. The number of rotatable bonds is 5. The van der Waals surface area contributed by atoms with Gasteiger partial charge in [-0.1, -0.05) is 0 Å². The quantitative estimate of drug-likeness (QED) is 0.780. The highest BCUT2D eigenvalue weighted by Crippen LogP contribution is 1.93. The molecule has 1 aromatic rings. The molecule has 1 rings (SSSR count). The lowest BCUT2D eigenvalue weighted by Crippen LogP contribution is -2.39. The zero-order chi connectivity index (χ0) is 12.1. The fourth-order valence-electron chi connectivity index (χ4n) is 1.20. The van der Waals surface area contributed by atoms with E-state index in [-0.39, 0.29) is 12.5 Å². The number of carbonyl (C=O) groups is 1. The number of likely N-dealkylation sites (N-methyl/N-ethyl adjacent to an activating group) is 1. The van der Waals surface area contributed by atoms with E-state index < -0.39 is 0 Å². The second-order valence-electron chi connectivity index (χ2n) is 4.27. The molecule has 0 saturated heterocycles. The van der Waals surface area contributed by atoms with Crippen LogP contribution in [0.2, 0.25) is 0 Å². The van der Waals surface area contributed by atoms with Crippen molar-refractivity contribution < 1.29 is 4.79 Å². The first kappa shape index (κ1) is 12.7. The van der Waals surface area contributed by atoms with Crippen LogP contribution < -0.4 is 5.32 Å². The first-order valence-corrected chi connectivity index (χ1v) is 5.42. The summed E-state index contributed by atoms with van der Waals surface area (Å²) in [6.07, 6.45) is 1.81. The fraction of sp³-hybridized carbons (Fsp3) is 0.636. The summed E-state index contributed by atoms with van der Waals surface area (Å²) in [5.41, 5.74) is 0.925. The third-order valence-corrected chi connectivity index (χ3v) is 2.56. The largest absolute Gasteiger partial charge is 0.353 e. The van der Waals surface area contributed by atoms with E-state index >= 15 is 0 Å². The standard InChI is InChI=1S/C11H20N4O/c1-9-5-6-15(13-9)8-11(16)12-7-10(2)14(3)4/h5-6,10H,7-8H2,1-4H3,(H,12,16). The minimum atomic E-state index is -0.00296. The molecule has 0 radical (unpaired) electrons. The Morgan fingerprint density at radius 3 is 2.81 bits per heavy atom. The molecule has 1 heterocycles. The highest BCUT2D eigenvalue weighted by molar-refractivity contribution is 5.75. The fourth-order valence-corrected chi connectivity index (χ4v) is 1.20. The average molecular weight is 224 g/mol. The van der Waals surface area contributed by atoms with Gasteiger partial charge < -0.3 is 10.2 Å². The summed E-state index contributed by atoms with van der Waals surface area (Å²) in [5, 5.41) is 7.04. The molecular formula is C11H20N4O. The van der Waals surface area contributed by atoms with Gasteiger partial charge in [-0.05, 0) is 34.0 Å². The molecule has 0 aliphatic rings. The molecule has 0 aliphatic carbocycles. The van der Waals surface area contributed by atoms with Crippen LogP contribution in [0.4, 0.5) is 0 Å². The maximum absolute atomic E-state index is 11.6. The van der Waals surface area contributed by atoms with Crippen LogP contribution in [0.5, 0.6) is 0 Å². The second-order valence-corrected chi connectivity index (χ2v) is 4.27. The van der Waals surface area contributed by atoms with Crippen LogP contribution in [0.15, 0.2) is 12.3 Å². The Hall–Kier alpha value is -1.36. The number of amides is 1. The molecule has 0 aromatic carbocycles. The Morgan fingerprint density at radius 1 is 1.62 bits per heavy atom. The topological polar surface area (TPSA) is 50.2 Å². The molecular weight excluding hydrogens is 204 g/mol. The smallest absolute Gasteiger partial charge is 0.241 e. The van der Waals surface area contributed by atoms with Crippen LogP contribution in [-0.2, 0) is 11.3 Å². The van der Waals surface area contributed by atoms with Gasteiger partial charge in [-0.15, -0.1) is 0 Å². The number of hydrogen-bond acceptors (Lipinski definition) is 3. The molecule has 16 heavy (non-hydrogen) atoms. The number of nitrogens with zero attached hydrogens (tertiary/aromatic N) is 3. The van der Waals surface area contributed by atoms with Gasteiger partial charge in [0.2, 0.25) is 5.91 Å². The first-order chi connectivity index (χ1) is 7.49. The maximum Gasteiger partial charge on any atom is 0.241 e. The summed E-state index contributed by atoms with van der Waals surface area (Å²) in [6, 6.07) is 2.22. The van der Waals surface area contributed by atoms with Crippen LogP contribution in [0, 0.1) is 6.92 Å². The molecule has 1 N–H and O–H groups in total. The molecule has 1 unspecified atom stereocenters. The van der Waals surface area contributed by atoms with Crippen LogP contribution in [0.3, 0.4) is 0 Å². The molecule has 1 atom stereocenters. The van der Waals surface area contributed by atoms with Crippen molar-refractivity contribution in [2.45, 2.75) is 26.4 Å². The molecule has 1 amide bonds. The summed E-state index contributed by atoms with van der Waals surface area (Å²) >= 11 is 0.